The number of alkyl carbamates (subject to hydrolysis) is 1. The first kappa shape index (κ1) is 39.0. The Hall–Kier alpha value is -6.23. The molecule has 0 aliphatic heterocycles. The lowest BCUT2D eigenvalue weighted by molar-refractivity contribution is 0.0921. The van der Waals surface area contributed by atoms with Crippen LogP contribution in [0.25, 0.3) is 22.4 Å². The normalized spacial score (nSPS) is 19.4. The number of benzene rings is 1. The summed E-state index contributed by atoms with van der Waals surface area (Å²) in [5.74, 6) is -1.08. The SMILES string of the molecule is COc1ccc(CNC(=O)OCc2ccnc(C(=O)N[C@H]3CCC[C@@H](Nc4nc(-c5cn(S(=O)(=O)C6(C)C=C(F)C=CC6)c6ncccc56)ncc4F)C3)c2)cc1. The minimum Gasteiger partial charge on any atom is -0.497 e. The molecule has 1 saturated carbocycles. The van der Waals surface area contributed by atoms with Gasteiger partial charge in [-0.1, -0.05) is 18.2 Å². The van der Waals surface area contributed by atoms with Gasteiger partial charge < -0.3 is 25.4 Å². The molecule has 296 valence electrons. The van der Waals surface area contributed by atoms with Crippen LogP contribution in [-0.2, 0) is 27.9 Å². The van der Waals surface area contributed by atoms with Crippen molar-refractivity contribution in [2.24, 2.45) is 0 Å². The van der Waals surface area contributed by atoms with Crippen molar-refractivity contribution in [3.05, 3.63) is 120 Å². The lowest BCUT2D eigenvalue weighted by atomic mass is 9.91. The van der Waals surface area contributed by atoms with Crippen molar-refractivity contribution in [3.63, 3.8) is 0 Å². The van der Waals surface area contributed by atoms with Gasteiger partial charge in [0.25, 0.3) is 5.91 Å². The zero-order chi connectivity index (χ0) is 40.2. The number of halogens is 2. The van der Waals surface area contributed by atoms with Crippen molar-refractivity contribution in [2.75, 3.05) is 12.4 Å². The number of allylic oxidation sites excluding steroid dienone is 3. The highest BCUT2D eigenvalue weighted by Crippen LogP contribution is 2.36. The average molecular weight is 799 g/mol. The molecule has 2 aliphatic carbocycles. The molecule has 5 aromatic rings. The average Bonchev–Trinajstić information content (AvgIpc) is 3.61. The Bertz CT molecular complexity index is 2480. The van der Waals surface area contributed by atoms with E-state index in [9.17, 15) is 22.4 Å². The van der Waals surface area contributed by atoms with Gasteiger partial charge in [-0.2, -0.15) is 0 Å². The Morgan fingerprint density at radius 2 is 1.82 bits per heavy atom. The van der Waals surface area contributed by atoms with Crippen molar-refractivity contribution in [3.8, 4) is 17.1 Å². The first-order chi connectivity index (χ1) is 27.4. The van der Waals surface area contributed by atoms with Crippen molar-refractivity contribution in [2.45, 2.75) is 69.0 Å². The number of ether oxygens (including phenoxy) is 2. The van der Waals surface area contributed by atoms with Crippen LogP contribution in [0.15, 0.2) is 97.4 Å². The minimum absolute atomic E-state index is 0.0552. The van der Waals surface area contributed by atoms with Crippen LogP contribution in [0.3, 0.4) is 0 Å². The molecule has 0 bridgehead atoms. The van der Waals surface area contributed by atoms with E-state index in [1.807, 2.05) is 12.1 Å². The number of rotatable bonds is 12. The van der Waals surface area contributed by atoms with Crippen molar-refractivity contribution < 1.29 is 36.3 Å². The van der Waals surface area contributed by atoms with Crippen LogP contribution in [0.1, 0.15) is 60.6 Å². The summed E-state index contributed by atoms with van der Waals surface area (Å²) in [7, 11) is -2.65. The Morgan fingerprint density at radius 3 is 2.61 bits per heavy atom. The Kier molecular flexibility index (Phi) is 11.3. The molecule has 4 heterocycles. The van der Waals surface area contributed by atoms with E-state index >= 15 is 4.39 Å². The smallest absolute Gasteiger partial charge is 0.407 e. The van der Waals surface area contributed by atoms with Gasteiger partial charge in [0.2, 0.25) is 10.0 Å². The summed E-state index contributed by atoms with van der Waals surface area (Å²) in [6, 6.07) is 13.2. The molecule has 3 N–H and O–H groups in total. The molecule has 1 aromatic carbocycles. The maximum Gasteiger partial charge on any atom is 0.407 e. The van der Waals surface area contributed by atoms with E-state index in [1.165, 1.54) is 37.7 Å². The van der Waals surface area contributed by atoms with Crippen LogP contribution in [0.4, 0.5) is 19.4 Å². The number of carbonyl (C=O) groups is 2. The second-order valence-electron chi connectivity index (χ2n) is 14.1. The highest BCUT2D eigenvalue weighted by molar-refractivity contribution is 7.91. The number of hydrogen-bond donors (Lipinski definition) is 3. The molecule has 0 radical (unpaired) electrons. The number of carbonyl (C=O) groups excluding carboxylic acids is 2. The fraction of sp³-hybridized carbons (Fsp3) is 0.300. The third kappa shape index (κ3) is 8.62. The van der Waals surface area contributed by atoms with Gasteiger partial charge in [-0.3, -0.25) is 9.78 Å². The summed E-state index contributed by atoms with van der Waals surface area (Å²) >= 11 is 0. The lowest BCUT2D eigenvalue weighted by Crippen LogP contribution is -2.42. The molecule has 3 atom stereocenters. The van der Waals surface area contributed by atoms with Crippen LogP contribution in [0, 0.1) is 5.82 Å². The standard InChI is InChI=1S/C40H40F2N8O6S/c1-40(15-4-6-27(41)20-40)57(53,54)50-23-32(31-9-5-16-44-37(31)50)35-45-22-33(42)36(49-35)47-28-7-3-8-29(19-28)48-38(51)34-18-26(14-17-43-34)24-56-39(52)46-21-25-10-12-30(55-2)13-11-25/h4-6,9-14,16-18,20,22-23,28-29H,3,7-8,15,19,21,24H2,1-2H3,(H,46,52)(H,48,51)(H,45,47,49)/t28-,29+,40?/m1/s1. The fourth-order valence-corrected chi connectivity index (χ4v) is 8.54. The van der Waals surface area contributed by atoms with E-state index < -0.39 is 38.4 Å². The van der Waals surface area contributed by atoms with E-state index in [4.69, 9.17) is 9.47 Å². The predicted molar refractivity (Wildman–Crippen MR) is 208 cm³/mol. The summed E-state index contributed by atoms with van der Waals surface area (Å²) in [6.07, 6.45) is 11.0. The van der Waals surface area contributed by atoms with Crippen molar-refractivity contribution in [1.82, 2.24) is 34.5 Å². The first-order valence-corrected chi connectivity index (χ1v) is 19.7. The Balaban J connectivity index is 0.989. The molecule has 7 rings (SSSR count). The summed E-state index contributed by atoms with van der Waals surface area (Å²) < 4.78 is 67.3. The van der Waals surface area contributed by atoms with E-state index in [0.29, 0.717) is 41.5 Å². The number of aromatic nitrogens is 5. The second-order valence-corrected chi connectivity index (χ2v) is 16.3. The fourth-order valence-electron chi connectivity index (χ4n) is 6.91. The molecule has 57 heavy (non-hydrogen) atoms. The number of methoxy groups -OCH3 is 1. The van der Waals surface area contributed by atoms with Gasteiger partial charge in [0.1, 0.15) is 28.6 Å². The van der Waals surface area contributed by atoms with Gasteiger partial charge in [-0.25, -0.2) is 40.9 Å². The largest absolute Gasteiger partial charge is 0.497 e. The molecule has 1 fully saturated rings. The quantitative estimate of drug-likeness (QED) is 0.128. The monoisotopic (exact) mass is 798 g/mol. The molecular formula is C40H40F2N8O6S. The number of amides is 2. The molecule has 4 aromatic heterocycles. The number of nitrogens with zero attached hydrogens (tertiary/aromatic N) is 5. The van der Waals surface area contributed by atoms with Gasteiger partial charge >= 0.3 is 6.09 Å². The third-order valence-electron chi connectivity index (χ3n) is 9.98. The maximum atomic E-state index is 15.2. The summed E-state index contributed by atoms with van der Waals surface area (Å²) in [5, 5.41) is 9.28. The summed E-state index contributed by atoms with van der Waals surface area (Å²) in [6.45, 7) is 1.64. The Morgan fingerprint density at radius 1 is 1.02 bits per heavy atom. The van der Waals surface area contributed by atoms with Gasteiger partial charge in [-0.15, -0.1) is 0 Å². The van der Waals surface area contributed by atoms with Crippen LogP contribution in [0.5, 0.6) is 5.75 Å². The first-order valence-electron chi connectivity index (χ1n) is 18.3. The highest BCUT2D eigenvalue weighted by Gasteiger charge is 2.41. The molecule has 0 saturated heterocycles. The van der Waals surface area contributed by atoms with Crippen molar-refractivity contribution >= 4 is 38.9 Å². The Labute approximate surface area is 327 Å². The number of nitrogens with one attached hydrogen (secondary N) is 3. The molecule has 1 unspecified atom stereocenters. The number of fused-ring (bicyclic) bond motifs is 1. The van der Waals surface area contributed by atoms with E-state index in [-0.39, 0.29) is 54.6 Å². The van der Waals surface area contributed by atoms with E-state index in [2.05, 4.69) is 35.9 Å². The van der Waals surface area contributed by atoms with Gasteiger partial charge in [0, 0.05) is 48.2 Å². The second kappa shape index (κ2) is 16.5. The minimum atomic E-state index is -4.23. The van der Waals surface area contributed by atoms with Crippen molar-refractivity contribution in [1.29, 1.82) is 0 Å². The number of pyridine rings is 2. The van der Waals surface area contributed by atoms with Gasteiger partial charge in [0.15, 0.2) is 23.1 Å². The van der Waals surface area contributed by atoms with Crippen LogP contribution < -0.4 is 20.7 Å². The lowest BCUT2D eigenvalue weighted by Gasteiger charge is -2.30. The zero-order valence-electron chi connectivity index (χ0n) is 31.1. The number of anilines is 1. The molecule has 14 nitrogen and oxygen atoms in total. The topological polar surface area (TPSA) is 179 Å². The van der Waals surface area contributed by atoms with E-state index in [1.54, 1.807) is 43.5 Å². The highest BCUT2D eigenvalue weighted by atomic mass is 32.2. The van der Waals surface area contributed by atoms with Gasteiger partial charge in [-0.05, 0) is 98.7 Å². The molecule has 2 amide bonds. The molecule has 2 aliphatic rings. The number of hydrogen-bond acceptors (Lipinski definition) is 11. The maximum absolute atomic E-state index is 15.2. The summed E-state index contributed by atoms with van der Waals surface area (Å²) in [5.41, 5.74) is 2.00. The molecule has 17 heteroatoms. The molecule has 0 spiro atoms. The van der Waals surface area contributed by atoms with Crippen LogP contribution >= 0.6 is 0 Å². The third-order valence-corrected chi connectivity index (χ3v) is 12.2. The molecular weight excluding hydrogens is 759 g/mol. The van der Waals surface area contributed by atoms with Crippen LogP contribution in [0.2, 0.25) is 0 Å². The van der Waals surface area contributed by atoms with Gasteiger partial charge in [0.05, 0.1) is 13.3 Å². The predicted octanol–water partition coefficient (Wildman–Crippen LogP) is 6.37. The summed E-state index contributed by atoms with van der Waals surface area (Å²) in [4.78, 5) is 42.7. The van der Waals surface area contributed by atoms with Crippen LogP contribution in [-0.4, -0.2) is 68.3 Å². The zero-order valence-corrected chi connectivity index (χ0v) is 31.9. The van der Waals surface area contributed by atoms with E-state index in [0.717, 1.165) is 28.2 Å².